The molecule has 1 fully saturated rings. The first-order chi connectivity index (χ1) is 14.5. The summed E-state index contributed by atoms with van der Waals surface area (Å²) in [5.41, 5.74) is 3.99. The lowest BCUT2D eigenvalue weighted by Gasteiger charge is -2.11. The third-order valence-electron chi connectivity index (χ3n) is 5.19. The molecule has 8 heteroatoms. The van der Waals surface area contributed by atoms with Crippen molar-refractivity contribution in [1.29, 1.82) is 5.26 Å². The van der Waals surface area contributed by atoms with E-state index in [1.807, 2.05) is 32.3 Å². The number of nitrogens with one attached hydrogen (secondary N) is 2. The molecule has 1 aliphatic carbocycles. The zero-order valence-corrected chi connectivity index (χ0v) is 17.0. The second-order valence-corrected chi connectivity index (χ2v) is 7.61. The van der Waals surface area contributed by atoms with Crippen LogP contribution in [0.4, 0.5) is 11.6 Å². The molecule has 1 saturated carbocycles. The van der Waals surface area contributed by atoms with Gasteiger partial charge in [-0.15, -0.1) is 0 Å². The minimum absolute atomic E-state index is 0.0948. The minimum Gasteiger partial charge on any atom is -0.351 e. The van der Waals surface area contributed by atoms with Gasteiger partial charge in [0.25, 0.3) is 5.91 Å². The maximum absolute atomic E-state index is 12.4. The molecule has 1 amide bonds. The Morgan fingerprint density at radius 2 is 2.07 bits per heavy atom. The molecule has 152 valence electrons. The Bertz CT molecular complexity index is 1090. The van der Waals surface area contributed by atoms with E-state index >= 15 is 0 Å². The highest BCUT2D eigenvalue weighted by Gasteiger charge is 2.31. The van der Waals surface area contributed by atoms with Gasteiger partial charge in [-0.05, 0) is 43.4 Å². The van der Waals surface area contributed by atoms with Gasteiger partial charge in [-0.1, -0.05) is 12.1 Å². The average molecular weight is 401 g/mol. The minimum atomic E-state index is -0.166. The highest BCUT2D eigenvalue weighted by atomic mass is 16.1. The van der Waals surface area contributed by atoms with Crippen LogP contribution in [0.25, 0.3) is 11.3 Å². The van der Waals surface area contributed by atoms with E-state index in [9.17, 15) is 10.1 Å². The number of aromatic nitrogens is 4. The number of carbonyl (C=O) groups is 1. The van der Waals surface area contributed by atoms with E-state index in [2.05, 4.69) is 31.8 Å². The molecule has 0 radical (unpaired) electrons. The van der Waals surface area contributed by atoms with Crippen LogP contribution in [0.15, 0.2) is 42.9 Å². The van der Waals surface area contributed by atoms with E-state index in [1.165, 1.54) is 0 Å². The summed E-state index contributed by atoms with van der Waals surface area (Å²) in [6, 6.07) is 9.60. The van der Waals surface area contributed by atoms with Gasteiger partial charge in [-0.25, -0.2) is 9.97 Å². The maximum atomic E-state index is 12.4. The molecule has 0 bridgehead atoms. The lowest BCUT2D eigenvalue weighted by molar-refractivity contribution is 0.0949. The molecule has 1 aromatic carbocycles. The number of aryl methyl sites for hydroxylation is 2. The maximum Gasteiger partial charge on any atom is 0.251 e. The summed E-state index contributed by atoms with van der Waals surface area (Å²) < 4.78 is 1.70. The van der Waals surface area contributed by atoms with E-state index in [0.29, 0.717) is 24.0 Å². The van der Waals surface area contributed by atoms with Gasteiger partial charge < -0.3 is 10.6 Å². The summed E-state index contributed by atoms with van der Waals surface area (Å²) in [6.45, 7) is 2.35. The lowest BCUT2D eigenvalue weighted by atomic mass is 10.0. The molecule has 8 nitrogen and oxygen atoms in total. The zero-order chi connectivity index (χ0) is 21.1. The van der Waals surface area contributed by atoms with Gasteiger partial charge >= 0.3 is 0 Å². The van der Waals surface area contributed by atoms with Crippen LogP contribution < -0.4 is 10.6 Å². The molecule has 1 atom stereocenters. The second kappa shape index (κ2) is 8.33. The van der Waals surface area contributed by atoms with Crippen LogP contribution in [0.1, 0.15) is 28.8 Å². The van der Waals surface area contributed by atoms with Crippen molar-refractivity contribution in [3.05, 3.63) is 54.0 Å². The van der Waals surface area contributed by atoms with Crippen molar-refractivity contribution < 1.29 is 4.79 Å². The Kier molecular flexibility index (Phi) is 5.44. The van der Waals surface area contributed by atoms with E-state index in [4.69, 9.17) is 0 Å². The van der Waals surface area contributed by atoms with Crippen LogP contribution in [0.5, 0.6) is 0 Å². The molecule has 2 aromatic heterocycles. The van der Waals surface area contributed by atoms with Crippen LogP contribution >= 0.6 is 0 Å². The summed E-state index contributed by atoms with van der Waals surface area (Å²) in [5, 5.41) is 19.3. The number of benzene rings is 1. The van der Waals surface area contributed by atoms with Crippen molar-refractivity contribution in [2.75, 3.05) is 11.9 Å². The molecule has 1 unspecified atom stereocenters. The molecule has 4 rings (SSSR count). The smallest absolute Gasteiger partial charge is 0.251 e. The largest absolute Gasteiger partial charge is 0.351 e. The quantitative estimate of drug-likeness (QED) is 0.629. The Labute approximate surface area is 175 Å². The van der Waals surface area contributed by atoms with Crippen LogP contribution in [0, 0.1) is 30.1 Å². The first kappa shape index (κ1) is 19.6. The van der Waals surface area contributed by atoms with Crippen molar-refractivity contribution in [2.24, 2.45) is 18.9 Å². The van der Waals surface area contributed by atoms with Gasteiger partial charge in [0.2, 0.25) is 5.95 Å². The second-order valence-electron chi connectivity index (χ2n) is 7.61. The summed E-state index contributed by atoms with van der Waals surface area (Å²) in [4.78, 5) is 21.4. The zero-order valence-electron chi connectivity index (χ0n) is 17.0. The van der Waals surface area contributed by atoms with Gasteiger partial charge in [0.05, 0.1) is 29.6 Å². The number of hydrogen-bond acceptors (Lipinski definition) is 6. The fourth-order valence-electron chi connectivity index (χ4n) is 3.31. The molecule has 2 N–H and O–H groups in total. The van der Waals surface area contributed by atoms with Crippen molar-refractivity contribution in [3.63, 3.8) is 0 Å². The first-order valence-electron chi connectivity index (χ1n) is 9.91. The number of carbonyl (C=O) groups excluding carboxylic acids is 1. The summed E-state index contributed by atoms with van der Waals surface area (Å²) in [7, 11) is 1.84. The lowest BCUT2D eigenvalue weighted by Crippen LogP contribution is -2.29. The summed E-state index contributed by atoms with van der Waals surface area (Å²) in [5.74, 6) is 0.657. The fourth-order valence-corrected chi connectivity index (χ4v) is 3.31. The van der Waals surface area contributed by atoms with Crippen LogP contribution in [0.2, 0.25) is 0 Å². The van der Waals surface area contributed by atoms with Crippen molar-refractivity contribution in [1.82, 2.24) is 25.1 Å². The average Bonchev–Trinajstić information content (AvgIpc) is 3.51. The predicted octanol–water partition coefficient (Wildman–Crippen LogP) is 3.21. The van der Waals surface area contributed by atoms with Crippen LogP contribution in [0.3, 0.4) is 0 Å². The van der Waals surface area contributed by atoms with Gasteiger partial charge in [-0.2, -0.15) is 10.4 Å². The number of anilines is 2. The SMILES string of the molecule is Cc1cnc(Nc2cnn(C)c2)nc1-c1ccc(C(=O)NCC(C#N)C2CC2)cc1. The topological polar surface area (TPSA) is 109 Å². The van der Waals surface area contributed by atoms with Gasteiger partial charge in [0.1, 0.15) is 0 Å². The highest BCUT2D eigenvalue weighted by Crippen LogP contribution is 2.36. The van der Waals surface area contributed by atoms with E-state index in [0.717, 1.165) is 35.3 Å². The third kappa shape index (κ3) is 4.46. The molecule has 30 heavy (non-hydrogen) atoms. The Morgan fingerprint density at radius 1 is 1.30 bits per heavy atom. The number of nitrogens with zero attached hydrogens (tertiary/aromatic N) is 5. The number of rotatable bonds is 7. The third-order valence-corrected chi connectivity index (χ3v) is 5.19. The number of nitriles is 1. The van der Waals surface area contributed by atoms with Crippen molar-refractivity contribution >= 4 is 17.5 Å². The molecular weight excluding hydrogens is 378 g/mol. The molecule has 0 spiro atoms. The van der Waals surface area contributed by atoms with Crippen molar-refractivity contribution in [2.45, 2.75) is 19.8 Å². The summed E-state index contributed by atoms with van der Waals surface area (Å²) >= 11 is 0. The van der Waals surface area contributed by atoms with Gasteiger partial charge in [-0.3, -0.25) is 9.48 Å². The number of amides is 1. The monoisotopic (exact) mass is 401 g/mol. The Hall–Kier alpha value is -3.73. The molecular formula is C22H23N7O. The molecule has 1 aliphatic rings. The highest BCUT2D eigenvalue weighted by molar-refractivity contribution is 5.94. The van der Waals surface area contributed by atoms with Gasteiger partial charge in [0.15, 0.2) is 0 Å². The Balaban J connectivity index is 1.46. The van der Waals surface area contributed by atoms with E-state index in [1.54, 1.807) is 29.2 Å². The predicted molar refractivity (Wildman–Crippen MR) is 113 cm³/mol. The van der Waals surface area contributed by atoms with Crippen molar-refractivity contribution in [3.8, 4) is 17.3 Å². The molecule has 0 aliphatic heterocycles. The molecule has 3 aromatic rings. The fraction of sp³-hybridized carbons (Fsp3) is 0.318. The Morgan fingerprint density at radius 3 is 2.70 bits per heavy atom. The first-order valence-corrected chi connectivity index (χ1v) is 9.91. The molecule has 0 saturated heterocycles. The number of hydrogen-bond donors (Lipinski definition) is 2. The molecule has 2 heterocycles. The summed E-state index contributed by atoms with van der Waals surface area (Å²) in [6.07, 6.45) is 7.48. The van der Waals surface area contributed by atoms with Crippen LogP contribution in [-0.4, -0.2) is 32.2 Å². The standard InChI is InChI=1S/C22H23N7O/c1-14-10-25-22(27-19-12-26-29(2)13-19)28-20(14)16-5-7-17(8-6-16)21(30)24-11-18(9-23)15-3-4-15/h5-8,10,12-13,15,18H,3-4,11H2,1-2H3,(H,24,30)(H,25,27,28). The van der Waals surface area contributed by atoms with E-state index in [-0.39, 0.29) is 11.8 Å². The van der Waals surface area contributed by atoms with Crippen LogP contribution in [-0.2, 0) is 7.05 Å². The van der Waals surface area contributed by atoms with Gasteiger partial charge in [0, 0.05) is 37.1 Å². The van der Waals surface area contributed by atoms with E-state index < -0.39 is 0 Å². The normalized spacial score (nSPS) is 14.0.